The Balaban J connectivity index is 1.90. The molecule has 146 valence electrons. The number of carbonyl (C=O) groups excluding carboxylic acids is 1. The van der Waals surface area contributed by atoms with Crippen LogP contribution in [0.4, 0.5) is 0 Å². The summed E-state index contributed by atoms with van der Waals surface area (Å²) in [6.45, 7) is 5.67. The van der Waals surface area contributed by atoms with E-state index in [2.05, 4.69) is 10.0 Å². The number of amides is 1. The fourth-order valence-electron chi connectivity index (χ4n) is 2.68. The number of hydrogen-bond acceptors (Lipinski definition) is 4. The fraction of sp³-hybridized carbons (Fsp3) is 0.350. The van der Waals surface area contributed by atoms with Gasteiger partial charge in [0.15, 0.2) is 0 Å². The van der Waals surface area contributed by atoms with Crippen LogP contribution in [0.2, 0.25) is 0 Å². The van der Waals surface area contributed by atoms with Crippen molar-refractivity contribution in [1.29, 1.82) is 0 Å². The molecular weight excluding hydrogens is 364 g/mol. The number of methoxy groups -OCH3 is 1. The van der Waals surface area contributed by atoms with Gasteiger partial charge in [0.25, 0.3) is 0 Å². The minimum Gasteiger partial charge on any atom is -0.496 e. The Hall–Kier alpha value is -2.38. The van der Waals surface area contributed by atoms with Gasteiger partial charge >= 0.3 is 0 Å². The standard InChI is InChI=1S/C20H26N2O4S/c1-14-9-10-17(13-15(14)2)27(24,25)21-12-11-20(23)22-16(3)18-7-5-6-8-19(18)26-4/h5-10,13,16,21H,11-12H2,1-4H3,(H,22,23). The molecule has 0 aromatic heterocycles. The summed E-state index contributed by atoms with van der Waals surface area (Å²) in [7, 11) is -2.06. The maximum Gasteiger partial charge on any atom is 0.240 e. The highest BCUT2D eigenvalue weighted by molar-refractivity contribution is 7.89. The van der Waals surface area contributed by atoms with Gasteiger partial charge in [-0.25, -0.2) is 13.1 Å². The highest BCUT2D eigenvalue weighted by atomic mass is 32.2. The molecule has 1 amide bonds. The van der Waals surface area contributed by atoms with E-state index in [1.807, 2.05) is 45.0 Å². The zero-order valence-corrected chi connectivity index (χ0v) is 16.9. The SMILES string of the molecule is COc1ccccc1C(C)NC(=O)CCNS(=O)(=O)c1ccc(C)c(C)c1. The summed E-state index contributed by atoms with van der Waals surface area (Å²) in [6, 6.07) is 12.2. The zero-order valence-electron chi connectivity index (χ0n) is 16.1. The molecule has 0 saturated heterocycles. The van der Waals surface area contributed by atoms with Crippen LogP contribution in [0.15, 0.2) is 47.4 Å². The Kier molecular flexibility index (Phi) is 6.98. The average Bonchev–Trinajstić information content (AvgIpc) is 2.63. The van der Waals surface area contributed by atoms with Gasteiger partial charge in [-0.05, 0) is 50.1 Å². The highest BCUT2D eigenvalue weighted by Crippen LogP contribution is 2.24. The molecular formula is C20H26N2O4S. The van der Waals surface area contributed by atoms with Crippen LogP contribution in [0, 0.1) is 13.8 Å². The number of aryl methyl sites for hydroxylation is 2. The molecule has 1 atom stereocenters. The van der Waals surface area contributed by atoms with Crippen molar-refractivity contribution < 1.29 is 17.9 Å². The van der Waals surface area contributed by atoms with Crippen molar-refractivity contribution in [2.75, 3.05) is 13.7 Å². The van der Waals surface area contributed by atoms with Crippen LogP contribution in [0.25, 0.3) is 0 Å². The minimum absolute atomic E-state index is 0.0275. The van der Waals surface area contributed by atoms with E-state index in [-0.39, 0.29) is 29.8 Å². The first kappa shape index (κ1) is 20.9. The van der Waals surface area contributed by atoms with Gasteiger partial charge in [-0.15, -0.1) is 0 Å². The van der Waals surface area contributed by atoms with Crippen molar-refractivity contribution in [2.24, 2.45) is 0 Å². The maximum absolute atomic E-state index is 12.3. The largest absolute Gasteiger partial charge is 0.496 e. The normalized spacial score (nSPS) is 12.4. The van der Waals surface area contributed by atoms with Crippen LogP contribution in [0.5, 0.6) is 5.75 Å². The van der Waals surface area contributed by atoms with Crippen molar-refractivity contribution in [2.45, 2.75) is 38.1 Å². The number of rotatable bonds is 8. The van der Waals surface area contributed by atoms with Gasteiger partial charge in [-0.1, -0.05) is 24.3 Å². The predicted octanol–water partition coefficient (Wildman–Crippen LogP) is 2.86. The second-order valence-electron chi connectivity index (χ2n) is 6.42. The van der Waals surface area contributed by atoms with E-state index in [0.717, 1.165) is 16.7 Å². The Morgan fingerprint density at radius 2 is 1.81 bits per heavy atom. The molecule has 0 aliphatic rings. The minimum atomic E-state index is -3.64. The number of hydrogen-bond donors (Lipinski definition) is 2. The van der Waals surface area contributed by atoms with E-state index < -0.39 is 10.0 Å². The van der Waals surface area contributed by atoms with Crippen LogP contribution in [-0.2, 0) is 14.8 Å². The predicted molar refractivity (Wildman–Crippen MR) is 105 cm³/mol. The first-order chi connectivity index (χ1) is 12.7. The summed E-state index contributed by atoms with van der Waals surface area (Å²) in [5.74, 6) is 0.455. The fourth-order valence-corrected chi connectivity index (χ4v) is 3.80. The molecule has 2 aromatic carbocycles. The smallest absolute Gasteiger partial charge is 0.240 e. The van der Waals surface area contributed by atoms with Gasteiger partial charge in [0.2, 0.25) is 15.9 Å². The van der Waals surface area contributed by atoms with Crippen molar-refractivity contribution in [3.63, 3.8) is 0 Å². The molecule has 0 radical (unpaired) electrons. The number of carbonyl (C=O) groups is 1. The number of nitrogens with one attached hydrogen (secondary N) is 2. The van der Waals surface area contributed by atoms with Crippen LogP contribution < -0.4 is 14.8 Å². The van der Waals surface area contributed by atoms with Gasteiger partial charge in [0, 0.05) is 18.5 Å². The third-order valence-corrected chi connectivity index (χ3v) is 5.87. The van der Waals surface area contributed by atoms with Gasteiger partial charge in [-0.2, -0.15) is 0 Å². The molecule has 0 saturated carbocycles. The summed E-state index contributed by atoms with van der Waals surface area (Å²) < 4.78 is 32.5. The molecule has 0 spiro atoms. The summed E-state index contributed by atoms with van der Waals surface area (Å²) in [6.07, 6.45) is 0.0452. The van der Waals surface area contributed by atoms with E-state index in [0.29, 0.717) is 5.75 Å². The van der Waals surface area contributed by atoms with E-state index in [1.54, 1.807) is 25.3 Å². The van der Waals surface area contributed by atoms with Gasteiger partial charge in [0.1, 0.15) is 5.75 Å². The number of ether oxygens (including phenoxy) is 1. The first-order valence-electron chi connectivity index (χ1n) is 8.74. The number of sulfonamides is 1. The summed E-state index contributed by atoms with van der Waals surface area (Å²) in [4.78, 5) is 12.4. The Morgan fingerprint density at radius 1 is 1.11 bits per heavy atom. The van der Waals surface area contributed by atoms with Crippen molar-refractivity contribution in [1.82, 2.24) is 10.0 Å². The van der Waals surface area contributed by atoms with E-state index >= 15 is 0 Å². The van der Waals surface area contributed by atoms with Crippen molar-refractivity contribution >= 4 is 15.9 Å². The number of para-hydroxylation sites is 1. The lowest BCUT2D eigenvalue weighted by atomic mass is 10.1. The van der Waals surface area contributed by atoms with Crippen LogP contribution in [0.1, 0.15) is 36.1 Å². The summed E-state index contributed by atoms with van der Waals surface area (Å²) in [5.41, 5.74) is 2.80. The van der Waals surface area contributed by atoms with E-state index in [1.165, 1.54) is 0 Å². The monoisotopic (exact) mass is 390 g/mol. The molecule has 2 aromatic rings. The molecule has 7 heteroatoms. The third kappa shape index (κ3) is 5.55. The van der Waals surface area contributed by atoms with E-state index in [4.69, 9.17) is 4.74 Å². The molecule has 6 nitrogen and oxygen atoms in total. The lowest BCUT2D eigenvalue weighted by Gasteiger charge is -2.17. The van der Waals surface area contributed by atoms with Crippen molar-refractivity contribution in [3.05, 3.63) is 59.2 Å². The van der Waals surface area contributed by atoms with Gasteiger partial charge in [0.05, 0.1) is 18.0 Å². The zero-order chi connectivity index (χ0) is 20.0. The summed E-state index contributed by atoms with van der Waals surface area (Å²) >= 11 is 0. The second-order valence-corrected chi connectivity index (χ2v) is 8.19. The third-order valence-electron chi connectivity index (χ3n) is 4.42. The van der Waals surface area contributed by atoms with Gasteiger partial charge < -0.3 is 10.1 Å². The first-order valence-corrected chi connectivity index (χ1v) is 10.2. The average molecular weight is 391 g/mol. The van der Waals surface area contributed by atoms with Crippen LogP contribution in [0.3, 0.4) is 0 Å². The molecule has 27 heavy (non-hydrogen) atoms. The highest BCUT2D eigenvalue weighted by Gasteiger charge is 2.16. The van der Waals surface area contributed by atoms with Crippen LogP contribution in [-0.4, -0.2) is 28.0 Å². The molecule has 0 heterocycles. The van der Waals surface area contributed by atoms with Crippen LogP contribution >= 0.6 is 0 Å². The molecule has 0 aliphatic heterocycles. The van der Waals surface area contributed by atoms with Gasteiger partial charge in [-0.3, -0.25) is 4.79 Å². The number of benzene rings is 2. The lowest BCUT2D eigenvalue weighted by molar-refractivity contribution is -0.121. The van der Waals surface area contributed by atoms with E-state index in [9.17, 15) is 13.2 Å². The molecule has 2 rings (SSSR count). The lowest BCUT2D eigenvalue weighted by Crippen LogP contribution is -2.32. The Bertz CT molecular complexity index is 910. The molecule has 0 bridgehead atoms. The second kappa shape index (κ2) is 9.01. The molecule has 2 N–H and O–H groups in total. The Labute approximate surface area is 161 Å². The molecule has 0 aliphatic carbocycles. The quantitative estimate of drug-likeness (QED) is 0.726. The Morgan fingerprint density at radius 3 is 2.48 bits per heavy atom. The maximum atomic E-state index is 12.3. The summed E-state index contributed by atoms with van der Waals surface area (Å²) in [5, 5.41) is 2.86. The topological polar surface area (TPSA) is 84.5 Å². The molecule has 1 unspecified atom stereocenters. The van der Waals surface area contributed by atoms with Crippen molar-refractivity contribution in [3.8, 4) is 5.75 Å². The molecule has 0 fully saturated rings.